The van der Waals surface area contributed by atoms with Crippen molar-refractivity contribution in [3.8, 4) is 0 Å². The number of hydrogen-bond donors (Lipinski definition) is 2. The molecule has 0 aliphatic rings. The predicted molar refractivity (Wildman–Crippen MR) is 36.8 cm³/mol. The Morgan fingerprint density at radius 2 is 2.36 bits per heavy atom. The molecule has 0 bridgehead atoms. The summed E-state index contributed by atoms with van der Waals surface area (Å²) in [6.07, 6.45) is 0. The average molecular weight is 175 g/mol. The van der Waals surface area contributed by atoms with Gasteiger partial charge in [-0.1, -0.05) is 11.6 Å². The van der Waals surface area contributed by atoms with Crippen LogP contribution < -0.4 is 5.43 Å². The van der Waals surface area contributed by atoms with Gasteiger partial charge < -0.3 is 5.11 Å². The van der Waals surface area contributed by atoms with Crippen molar-refractivity contribution < 1.29 is 9.90 Å². The fourth-order valence-corrected chi connectivity index (χ4v) is 0.675. The van der Waals surface area contributed by atoms with Crippen LogP contribution >= 0.6 is 11.6 Å². The fourth-order valence-electron chi connectivity index (χ4n) is 0.533. The molecule has 0 spiro atoms. The standard InChI is InChI=1S/C5H3ClN2O3/c6-3-1-2(9)4(5(10)11)8-7-3/h1H,(H,7,9)(H,10,11). The molecule has 0 aromatic carbocycles. The van der Waals surface area contributed by atoms with Gasteiger partial charge in [0.1, 0.15) is 5.15 Å². The van der Waals surface area contributed by atoms with Crippen LogP contribution in [-0.2, 0) is 0 Å². The van der Waals surface area contributed by atoms with Crippen LogP contribution in [0.15, 0.2) is 10.9 Å². The molecule has 0 fully saturated rings. The molecule has 6 heteroatoms. The van der Waals surface area contributed by atoms with Gasteiger partial charge in [-0.05, 0) is 0 Å². The molecule has 0 saturated carbocycles. The van der Waals surface area contributed by atoms with Crippen LogP contribution in [-0.4, -0.2) is 21.3 Å². The minimum absolute atomic E-state index is 0.0139. The van der Waals surface area contributed by atoms with Crippen LogP contribution in [0.1, 0.15) is 10.5 Å². The molecule has 0 atom stereocenters. The zero-order valence-electron chi connectivity index (χ0n) is 5.17. The number of nitrogens with zero attached hydrogens (tertiary/aromatic N) is 1. The summed E-state index contributed by atoms with van der Waals surface area (Å²) < 4.78 is 0. The minimum atomic E-state index is -1.37. The molecule has 0 unspecified atom stereocenters. The highest BCUT2D eigenvalue weighted by Gasteiger charge is 2.09. The molecule has 0 saturated heterocycles. The molecule has 1 rings (SSSR count). The highest BCUT2D eigenvalue weighted by atomic mass is 35.5. The van der Waals surface area contributed by atoms with Gasteiger partial charge in [-0.3, -0.25) is 9.89 Å². The first-order valence-electron chi connectivity index (χ1n) is 2.60. The molecular formula is C5H3ClN2O3. The highest BCUT2D eigenvalue weighted by Crippen LogP contribution is 1.96. The van der Waals surface area contributed by atoms with Gasteiger partial charge in [0.25, 0.3) is 0 Å². The van der Waals surface area contributed by atoms with E-state index < -0.39 is 17.1 Å². The molecule has 5 nitrogen and oxygen atoms in total. The normalized spacial score (nSPS) is 9.55. The van der Waals surface area contributed by atoms with E-state index in [1.54, 1.807) is 0 Å². The summed E-state index contributed by atoms with van der Waals surface area (Å²) in [5, 5.41) is 13.7. The van der Waals surface area contributed by atoms with Crippen molar-refractivity contribution in [2.45, 2.75) is 0 Å². The van der Waals surface area contributed by atoms with Gasteiger partial charge in [0.05, 0.1) is 0 Å². The topological polar surface area (TPSA) is 83.0 Å². The van der Waals surface area contributed by atoms with Gasteiger partial charge >= 0.3 is 5.97 Å². The van der Waals surface area contributed by atoms with Crippen molar-refractivity contribution in [2.75, 3.05) is 0 Å². The lowest BCUT2D eigenvalue weighted by molar-refractivity contribution is 0.0687. The zero-order valence-corrected chi connectivity index (χ0v) is 5.92. The van der Waals surface area contributed by atoms with Crippen LogP contribution in [0.3, 0.4) is 0 Å². The lowest BCUT2D eigenvalue weighted by Crippen LogP contribution is -2.16. The first-order valence-corrected chi connectivity index (χ1v) is 2.97. The van der Waals surface area contributed by atoms with Crippen LogP contribution in [0.25, 0.3) is 0 Å². The van der Waals surface area contributed by atoms with E-state index in [2.05, 4.69) is 10.2 Å². The number of carboxylic acid groups (broad SMARTS) is 1. The van der Waals surface area contributed by atoms with E-state index in [1.807, 2.05) is 0 Å². The SMILES string of the molecule is O=C(O)c1n[nH]c(Cl)cc1=O. The van der Waals surface area contributed by atoms with Crippen molar-refractivity contribution >= 4 is 17.6 Å². The fraction of sp³-hybridized carbons (Fsp3) is 0. The van der Waals surface area contributed by atoms with Gasteiger partial charge in [0, 0.05) is 6.07 Å². The summed E-state index contributed by atoms with van der Waals surface area (Å²) in [7, 11) is 0. The molecule has 0 amide bonds. The quantitative estimate of drug-likeness (QED) is 0.634. The third-order valence-electron chi connectivity index (χ3n) is 0.968. The molecule has 2 N–H and O–H groups in total. The van der Waals surface area contributed by atoms with Crippen molar-refractivity contribution in [3.05, 3.63) is 27.1 Å². The van der Waals surface area contributed by atoms with Gasteiger partial charge in [-0.25, -0.2) is 4.79 Å². The number of aromatic carboxylic acids is 1. The molecule has 11 heavy (non-hydrogen) atoms. The van der Waals surface area contributed by atoms with E-state index in [4.69, 9.17) is 16.7 Å². The summed E-state index contributed by atoms with van der Waals surface area (Å²) in [6.45, 7) is 0. The summed E-state index contributed by atoms with van der Waals surface area (Å²) in [5.41, 5.74) is -1.27. The zero-order chi connectivity index (χ0) is 8.43. The Hall–Kier alpha value is -1.36. The lowest BCUT2D eigenvalue weighted by Gasteiger charge is -1.90. The second kappa shape index (κ2) is 2.71. The Labute approximate surface area is 65.6 Å². The average Bonchev–Trinajstić information content (AvgIpc) is 1.85. The van der Waals surface area contributed by atoms with Crippen LogP contribution in [0.5, 0.6) is 0 Å². The van der Waals surface area contributed by atoms with E-state index >= 15 is 0 Å². The molecule has 1 heterocycles. The van der Waals surface area contributed by atoms with Crippen molar-refractivity contribution in [3.63, 3.8) is 0 Å². The number of rotatable bonds is 1. The Morgan fingerprint density at radius 3 is 2.82 bits per heavy atom. The molecule has 0 radical (unpaired) electrons. The van der Waals surface area contributed by atoms with E-state index in [9.17, 15) is 9.59 Å². The third kappa shape index (κ3) is 1.56. The maximum atomic E-state index is 10.7. The highest BCUT2D eigenvalue weighted by molar-refractivity contribution is 6.29. The Morgan fingerprint density at radius 1 is 1.73 bits per heavy atom. The van der Waals surface area contributed by atoms with Gasteiger partial charge in [0.2, 0.25) is 11.1 Å². The summed E-state index contributed by atoms with van der Waals surface area (Å²) in [6, 6.07) is 0.956. The number of aromatic amines is 1. The molecule has 0 aliphatic heterocycles. The van der Waals surface area contributed by atoms with Crippen LogP contribution in [0, 0.1) is 0 Å². The van der Waals surface area contributed by atoms with Gasteiger partial charge in [-0.2, -0.15) is 5.10 Å². The molecule has 58 valence electrons. The van der Waals surface area contributed by atoms with Crippen LogP contribution in [0.2, 0.25) is 5.15 Å². The van der Waals surface area contributed by atoms with Crippen LogP contribution in [0.4, 0.5) is 0 Å². The Bertz CT molecular complexity index is 346. The van der Waals surface area contributed by atoms with E-state index in [1.165, 1.54) is 0 Å². The first kappa shape index (κ1) is 7.74. The monoisotopic (exact) mass is 174 g/mol. The van der Waals surface area contributed by atoms with E-state index in [0.717, 1.165) is 6.07 Å². The van der Waals surface area contributed by atoms with E-state index in [-0.39, 0.29) is 5.15 Å². The van der Waals surface area contributed by atoms with Gasteiger partial charge in [-0.15, -0.1) is 0 Å². The van der Waals surface area contributed by atoms with Crippen molar-refractivity contribution in [1.82, 2.24) is 10.2 Å². The summed E-state index contributed by atoms with van der Waals surface area (Å²) in [5.74, 6) is -1.37. The number of carbonyl (C=O) groups is 1. The Kier molecular flexibility index (Phi) is 1.91. The smallest absolute Gasteiger partial charge is 0.360 e. The number of halogens is 1. The van der Waals surface area contributed by atoms with Crippen molar-refractivity contribution in [1.29, 1.82) is 0 Å². The largest absolute Gasteiger partial charge is 0.476 e. The maximum absolute atomic E-state index is 10.7. The maximum Gasteiger partial charge on any atom is 0.360 e. The second-order valence-electron chi connectivity index (χ2n) is 1.73. The van der Waals surface area contributed by atoms with E-state index in [0.29, 0.717) is 0 Å². The number of nitrogens with one attached hydrogen (secondary N) is 1. The summed E-state index contributed by atoms with van der Waals surface area (Å²) in [4.78, 5) is 20.9. The second-order valence-corrected chi connectivity index (χ2v) is 2.14. The molecule has 1 aromatic rings. The van der Waals surface area contributed by atoms with Gasteiger partial charge in [0.15, 0.2) is 0 Å². The molecular weight excluding hydrogens is 172 g/mol. The van der Waals surface area contributed by atoms with Crippen molar-refractivity contribution in [2.24, 2.45) is 0 Å². The predicted octanol–water partition coefficient (Wildman–Crippen LogP) is 0.121. The lowest BCUT2D eigenvalue weighted by atomic mass is 10.4. The number of hydrogen-bond acceptors (Lipinski definition) is 3. The molecule has 1 aromatic heterocycles. The summed E-state index contributed by atoms with van der Waals surface area (Å²) >= 11 is 5.31. The number of H-pyrrole nitrogens is 1. The molecule has 0 aliphatic carbocycles. The number of aromatic nitrogens is 2. The third-order valence-corrected chi connectivity index (χ3v) is 1.16. The number of carboxylic acids is 1. The first-order chi connectivity index (χ1) is 5.11. The Balaban J connectivity index is 3.32. The minimum Gasteiger partial charge on any atom is -0.476 e.